The van der Waals surface area contributed by atoms with E-state index in [9.17, 15) is 4.79 Å². The number of benzene rings is 3. The third kappa shape index (κ3) is 8.06. The predicted molar refractivity (Wildman–Crippen MR) is 141 cm³/mol. The maximum atomic E-state index is 12.3. The van der Waals surface area contributed by atoms with Gasteiger partial charge in [0, 0.05) is 19.4 Å². The summed E-state index contributed by atoms with van der Waals surface area (Å²) >= 11 is 0. The first-order valence-electron chi connectivity index (χ1n) is 12.7. The monoisotopic (exact) mass is 504 g/mol. The summed E-state index contributed by atoms with van der Waals surface area (Å²) in [6.45, 7) is 3.11. The zero-order chi connectivity index (χ0) is 25.9. The molecule has 1 heterocycles. The van der Waals surface area contributed by atoms with E-state index in [1.165, 1.54) is 0 Å². The van der Waals surface area contributed by atoms with Gasteiger partial charge >= 0.3 is 0 Å². The Balaban J connectivity index is 1.56. The molecule has 1 aliphatic rings. The van der Waals surface area contributed by atoms with Crippen molar-refractivity contribution >= 4 is 5.78 Å². The minimum Gasteiger partial charge on any atom is -0.374 e. The van der Waals surface area contributed by atoms with Crippen molar-refractivity contribution in [3.05, 3.63) is 108 Å². The van der Waals surface area contributed by atoms with Crippen molar-refractivity contribution in [3.8, 4) is 0 Å². The molecular formula is C31H36O6. The molecule has 0 N–H and O–H groups in total. The van der Waals surface area contributed by atoms with Crippen molar-refractivity contribution in [2.24, 2.45) is 5.92 Å². The van der Waals surface area contributed by atoms with Crippen LogP contribution in [0.25, 0.3) is 0 Å². The van der Waals surface area contributed by atoms with Crippen LogP contribution in [0.1, 0.15) is 30.0 Å². The average molecular weight is 505 g/mol. The number of hydrogen-bond acceptors (Lipinski definition) is 6. The van der Waals surface area contributed by atoms with Crippen molar-refractivity contribution < 1.29 is 28.5 Å². The lowest BCUT2D eigenvalue weighted by Crippen LogP contribution is -2.58. The molecule has 0 aromatic heterocycles. The van der Waals surface area contributed by atoms with Gasteiger partial charge in [-0.05, 0) is 23.6 Å². The van der Waals surface area contributed by atoms with Crippen molar-refractivity contribution in [2.45, 2.75) is 57.8 Å². The third-order valence-electron chi connectivity index (χ3n) is 6.49. The minimum atomic E-state index is -0.619. The normalized spacial score (nSPS) is 23.6. The highest BCUT2D eigenvalue weighted by molar-refractivity contribution is 5.75. The Labute approximate surface area is 219 Å². The van der Waals surface area contributed by atoms with E-state index >= 15 is 0 Å². The van der Waals surface area contributed by atoms with Gasteiger partial charge in [0.05, 0.1) is 32.5 Å². The molecule has 0 aliphatic carbocycles. The summed E-state index contributed by atoms with van der Waals surface area (Å²) in [6, 6.07) is 30.0. The fourth-order valence-corrected chi connectivity index (χ4v) is 4.69. The average Bonchev–Trinajstić information content (AvgIpc) is 2.93. The molecule has 6 nitrogen and oxygen atoms in total. The Morgan fingerprint density at radius 2 is 1.22 bits per heavy atom. The molecule has 0 bridgehead atoms. The molecule has 0 unspecified atom stereocenters. The van der Waals surface area contributed by atoms with Crippen molar-refractivity contribution in [1.29, 1.82) is 0 Å². The largest absolute Gasteiger partial charge is 0.374 e. The van der Waals surface area contributed by atoms with Crippen LogP contribution >= 0.6 is 0 Å². The number of rotatable bonds is 13. The summed E-state index contributed by atoms with van der Waals surface area (Å²) in [5.74, 6) is -0.276. The van der Waals surface area contributed by atoms with E-state index in [-0.39, 0.29) is 18.1 Å². The molecule has 37 heavy (non-hydrogen) atoms. The van der Waals surface area contributed by atoms with Gasteiger partial charge in [-0.25, -0.2) is 0 Å². The van der Waals surface area contributed by atoms with Gasteiger partial charge in [0.2, 0.25) is 0 Å². The molecule has 0 radical (unpaired) electrons. The molecule has 1 saturated heterocycles. The van der Waals surface area contributed by atoms with Crippen molar-refractivity contribution in [1.82, 2.24) is 0 Å². The third-order valence-corrected chi connectivity index (χ3v) is 6.49. The maximum absolute atomic E-state index is 12.3. The molecule has 0 spiro atoms. The van der Waals surface area contributed by atoms with Crippen LogP contribution in [-0.2, 0) is 48.3 Å². The van der Waals surface area contributed by atoms with E-state index in [1.807, 2.05) is 91.0 Å². The van der Waals surface area contributed by atoms with E-state index in [0.717, 1.165) is 16.7 Å². The van der Waals surface area contributed by atoms with E-state index < -0.39 is 24.6 Å². The van der Waals surface area contributed by atoms with Crippen LogP contribution in [-0.4, -0.2) is 44.1 Å². The first-order valence-corrected chi connectivity index (χ1v) is 12.7. The van der Waals surface area contributed by atoms with Crippen LogP contribution < -0.4 is 0 Å². The number of carbonyl (C=O) groups excluding carboxylic acids is 1. The second kappa shape index (κ2) is 14.2. The first-order chi connectivity index (χ1) is 18.1. The summed E-state index contributed by atoms with van der Waals surface area (Å²) in [4.78, 5) is 12.3. The molecule has 5 atom stereocenters. The summed E-state index contributed by atoms with van der Waals surface area (Å²) < 4.78 is 31.2. The SMILES string of the molecule is CO[C@@H]1O[C@H](COCc2ccccc2)[C@@H](OCc2ccccc2)[C@H](OCc2ccccc2)[C@H]1CC(C)=O. The highest BCUT2D eigenvalue weighted by atomic mass is 16.7. The smallest absolute Gasteiger partial charge is 0.163 e. The second-order valence-corrected chi connectivity index (χ2v) is 9.37. The lowest BCUT2D eigenvalue weighted by molar-refractivity contribution is -0.299. The van der Waals surface area contributed by atoms with Crippen molar-refractivity contribution in [3.63, 3.8) is 0 Å². The van der Waals surface area contributed by atoms with Crippen LogP contribution in [0, 0.1) is 5.92 Å². The van der Waals surface area contributed by atoms with E-state index in [2.05, 4.69) is 0 Å². The van der Waals surface area contributed by atoms with Gasteiger partial charge in [-0.15, -0.1) is 0 Å². The van der Waals surface area contributed by atoms with Crippen LogP contribution in [0.15, 0.2) is 91.0 Å². The van der Waals surface area contributed by atoms with Gasteiger partial charge in [0.15, 0.2) is 6.29 Å². The summed E-state index contributed by atoms with van der Waals surface area (Å²) in [5.41, 5.74) is 3.17. The summed E-state index contributed by atoms with van der Waals surface area (Å²) in [7, 11) is 1.60. The van der Waals surface area contributed by atoms with E-state index in [4.69, 9.17) is 23.7 Å². The van der Waals surface area contributed by atoms with Gasteiger partial charge in [-0.2, -0.15) is 0 Å². The maximum Gasteiger partial charge on any atom is 0.163 e. The quantitative estimate of drug-likeness (QED) is 0.313. The van der Waals surface area contributed by atoms with E-state index in [0.29, 0.717) is 26.4 Å². The Morgan fingerprint density at radius 3 is 1.70 bits per heavy atom. The Morgan fingerprint density at radius 1 is 0.730 bits per heavy atom. The van der Waals surface area contributed by atoms with Crippen LogP contribution in [0.3, 0.4) is 0 Å². The number of ketones is 1. The highest BCUT2D eigenvalue weighted by Gasteiger charge is 2.48. The topological polar surface area (TPSA) is 63.2 Å². The molecule has 6 heteroatoms. The van der Waals surface area contributed by atoms with E-state index in [1.54, 1.807) is 14.0 Å². The Bertz CT molecular complexity index is 1060. The molecule has 3 aromatic carbocycles. The molecular weight excluding hydrogens is 468 g/mol. The zero-order valence-corrected chi connectivity index (χ0v) is 21.5. The van der Waals surface area contributed by atoms with Gasteiger partial charge in [-0.3, -0.25) is 0 Å². The number of carbonyl (C=O) groups is 1. The van der Waals surface area contributed by atoms with Gasteiger partial charge in [0.1, 0.15) is 18.0 Å². The molecule has 1 fully saturated rings. The predicted octanol–water partition coefficient (Wildman–Crippen LogP) is 5.34. The van der Waals surface area contributed by atoms with Crippen LogP contribution in [0.5, 0.6) is 0 Å². The molecule has 0 amide bonds. The number of hydrogen-bond donors (Lipinski definition) is 0. The summed E-state index contributed by atoms with van der Waals surface area (Å²) in [6.07, 6.45) is -1.69. The van der Waals surface area contributed by atoms with Gasteiger partial charge in [-0.1, -0.05) is 91.0 Å². The fourth-order valence-electron chi connectivity index (χ4n) is 4.69. The molecule has 1 aliphatic heterocycles. The van der Waals surface area contributed by atoms with Crippen LogP contribution in [0.2, 0.25) is 0 Å². The first kappa shape index (κ1) is 27.2. The number of ether oxygens (including phenoxy) is 5. The fraction of sp³-hybridized carbons (Fsp3) is 0.387. The minimum absolute atomic E-state index is 0.0459. The molecule has 4 rings (SSSR count). The van der Waals surface area contributed by atoms with Crippen molar-refractivity contribution in [2.75, 3.05) is 13.7 Å². The zero-order valence-electron chi connectivity index (χ0n) is 21.5. The highest BCUT2D eigenvalue weighted by Crippen LogP contribution is 2.34. The van der Waals surface area contributed by atoms with Crippen LogP contribution in [0.4, 0.5) is 0 Å². The van der Waals surface area contributed by atoms with Gasteiger partial charge < -0.3 is 28.5 Å². The number of Topliss-reactive ketones (excluding diaryl/α,β-unsaturated/α-hetero) is 1. The lowest BCUT2D eigenvalue weighted by Gasteiger charge is -2.45. The molecule has 0 saturated carbocycles. The standard InChI is InChI=1S/C31H36O6/c1-23(32)18-27-29(35-20-25-14-8-4-9-15-25)30(36-21-26-16-10-5-11-17-26)28(37-31(27)33-2)22-34-19-24-12-6-3-7-13-24/h3-17,27-31H,18-22H2,1-2H3/t27-,28-,29-,30-,31-/m1/s1. The number of methoxy groups -OCH3 is 1. The van der Waals surface area contributed by atoms with Gasteiger partial charge in [0.25, 0.3) is 0 Å². The molecule has 196 valence electrons. The summed E-state index contributed by atoms with van der Waals surface area (Å²) in [5, 5.41) is 0. The molecule has 3 aromatic rings. The Kier molecular flexibility index (Phi) is 10.4. The Hall–Kier alpha value is -2.87. The lowest BCUT2D eigenvalue weighted by atomic mass is 9.86. The second-order valence-electron chi connectivity index (χ2n) is 9.37.